The number of nitrogens with zero attached hydrogens (tertiary/aromatic N) is 2. The zero-order chi connectivity index (χ0) is 18.3. The number of ether oxygens (including phenoxy) is 1. The van der Waals surface area contributed by atoms with E-state index in [4.69, 9.17) is 9.73 Å². The third kappa shape index (κ3) is 6.66. The maximum atomic E-state index is 12.5. The van der Waals surface area contributed by atoms with E-state index in [0.717, 1.165) is 26.1 Å². The van der Waals surface area contributed by atoms with Crippen LogP contribution in [-0.2, 0) is 4.74 Å². The summed E-state index contributed by atoms with van der Waals surface area (Å²) in [5.41, 5.74) is 0.232. The van der Waals surface area contributed by atoms with Gasteiger partial charge in [-0.3, -0.25) is 9.89 Å². The van der Waals surface area contributed by atoms with E-state index in [1.165, 1.54) is 24.2 Å². The van der Waals surface area contributed by atoms with Crippen molar-refractivity contribution in [1.29, 1.82) is 0 Å². The van der Waals surface area contributed by atoms with E-state index in [2.05, 4.69) is 10.6 Å². The van der Waals surface area contributed by atoms with Crippen molar-refractivity contribution in [2.75, 3.05) is 46.4 Å². The Hall–Kier alpha value is -1.02. The molecule has 5 nitrogen and oxygen atoms in total. The SMILES string of the molecule is CCNC(=NCC1(CCOC)CCC1)NC1CCN(CC(F)(F)F)C1. The van der Waals surface area contributed by atoms with Crippen LogP contribution in [0.2, 0.25) is 0 Å². The average molecular weight is 364 g/mol. The average Bonchev–Trinajstić information content (AvgIpc) is 2.91. The van der Waals surface area contributed by atoms with Gasteiger partial charge in [-0.2, -0.15) is 13.2 Å². The molecule has 1 heterocycles. The highest BCUT2D eigenvalue weighted by atomic mass is 19.4. The maximum Gasteiger partial charge on any atom is 0.401 e. The molecule has 1 atom stereocenters. The Morgan fingerprint density at radius 2 is 2.12 bits per heavy atom. The molecule has 8 heteroatoms. The largest absolute Gasteiger partial charge is 0.401 e. The van der Waals surface area contributed by atoms with Crippen molar-refractivity contribution < 1.29 is 17.9 Å². The van der Waals surface area contributed by atoms with Crippen molar-refractivity contribution in [1.82, 2.24) is 15.5 Å². The Kier molecular flexibility index (Phi) is 7.37. The minimum absolute atomic E-state index is 0.0106. The Bertz CT molecular complexity index is 438. The summed E-state index contributed by atoms with van der Waals surface area (Å²) < 4.78 is 42.7. The van der Waals surface area contributed by atoms with Crippen LogP contribution in [0.3, 0.4) is 0 Å². The summed E-state index contributed by atoms with van der Waals surface area (Å²) in [4.78, 5) is 6.17. The van der Waals surface area contributed by atoms with E-state index in [9.17, 15) is 13.2 Å². The molecule has 2 rings (SSSR count). The number of guanidine groups is 1. The molecule has 1 aliphatic heterocycles. The summed E-state index contributed by atoms with van der Waals surface area (Å²) in [6, 6.07) is 0.0106. The van der Waals surface area contributed by atoms with Crippen molar-refractivity contribution in [3.8, 4) is 0 Å². The minimum atomic E-state index is -4.13. The molecular weight excluding hydrogens is 333 g/mol. The van der Waals surface area contributed by atoms with Gasteiger partial charge in [0.2, 0.25) is 0 Å². The van der Waals surface area contributed by atoms with Crippen molar-refractivity contribution in [3.05, 3.63) is 0 Å². The quantitative estimate of drug-likeness (QED) is 0.513. The molecule has 2 N–H and O–H groups in total. The van der Waals surface area contributed by atoms with E-state index in [1.807, 2.05) is 6.92 Å². The highest BCUT2D eigenvalue weighted by Crippen LogP contribution is 2.44. The fourth-order valence-electron chi connectivity index (χ4n) is 3.59. The lowest BCUT2D eigenvalue weighted by molar-refractivity contribution is -0.143. The van der Waals surface area contributed by atoms with Gasteiger partial charge in [-0.05, 0) is 38.0 Å². The third-order valence-corrected chi connectivity index (χ3v) is 5.18. The number of methoxy groups -OCH3 is 1. The van der Waals surface area contributed by atoms with E-state index >= 15 is 0 Å². The molecule has 0 spiro atoms. The standard InChI is InChI=1S/C17H31F3N4O/c1-3-21-15(22-12-16(6-4-7-16)8-10-25-2)23-14-5-9-24(11-14)13-17(18,19)20/h14H,3-13H2,1-2H3,(H2,21,22,23). The number of nitrogens with one attached hydrogen (secondary N) is 2. The highest BCUT2D eigenvalue weighted by Gasteiger charge is 2.37. The molecule has 146 valence electrons. The zero-order valence-electron chi connectivity index (χ0n) is 15.3. The van der Waals surface area contributed by atoms with Crippen molar-refractivity contribution in [2.45, 2.75) is 51.2 Å². The lowest BCUT2D eigenvalue weighted by Gasteiger charge is -2.41. The third-order valence-electron chi connectivity index (χ3n) is 5.18. The number of aliphatic imine (C=N–C) groups is 1. The van der Waals surface area contributed by atoms with E-state index in [-0.39, 0.29) is 11.5 Å². The first-order valence-corrected chi connectivity index (χ1v) is 9.19. The lowest BCUT2D eigenvalue weighted by Crippen LogP contribution is -2.46. The van der Waals surface area contributed by atoms with Gasteiger partial charge < -0.3 is 15.4 Å². The predicted molar refractivity (Wildman–Crippen MR) is 92.8 cm³/mol. The molecule has 2 fully saturated rings. The van der Waals surface area contributed by atoms with Gasteiger partial charge in [0.1, 0.15) is 0 Å². The van der Waals surface area contributed by atoms with Crippen LogP contribution in [0.5, 0.6) is 0 Å². The molecule has 1 saturated carbocycles. The van der Waals surface area contributed by atoms with Gasteiger partial charge >= 0.3 is 6.18 Å². The Morgan fingerprint density at radius 1 is 1.36 bits per heavy atom. The molecule has 0 radical (unpaired) electrons. The second-order valence-corrected chi connectivity index (χ2v) is 7.27. The molecule has 0 bridgehead atoms. The van der Waals surface area contributed by atoms with Crippen molar-refractivity contribution in [2.24, 2.45) is 10.4 Å². The van der Waals surface area contributed by atoms with Gasteiger partial charge in [0.05, 0.1) is 6.54 Å². The molecule has 2 aliphatic rings. The van der Waals surface area contributed by atoms with Gasteiger partial charge in [0.15, 0.2) is 5.96 Å². The normalized spacial score (nSPS) is 24.2. The fraction of sp³-hybridized carbons (Fsp3) is 0.941. The number of alkyl halides is 3. The van der Waals surface area contributed by atoms with E-state index < -0.39 is 12.7 Å². The Labute approximate surface area is 148 Å². The second-order valence-electron chi connectivity index (χ2n) is 7.27. The molecule has 0 aromatic rings. The van der Waals surface area contributed by atoms with E-state index in [1.54, 1.807) is 7.11 Å². The van der Waals surface area contributed by atoms with E-state index in [0.29, 0.717) is 25.5 Å². The van der Waals surface area contributed by atoms with Gasteiger partial charge in [-0.15, -0.1) is 0 Å². The van der Waals surface area contributed by atoms with Crippen LogP contribution in [0.1, 0.15) is 39.0 Å². The van der Waals surface area contributed by atoms with Crippen LogP contribution >= 0.6 is 0 Å². The zero-order valence-corrected chi connectivity index (χ0v) is 15.3. The summed E-state index contributed by atoms with van der Waals surface area (Å²) in [5, 5.41) is 6.52. The van der Waals surface area contributed by atoms with Gasteiger partial charge in [-0.25, -0.2) is 0 Å². The first-order valence-electron chi connectivity index (χ1n) is 9.19. The van der Waals surface area contributed by atoms with Gasteiger partial charge in [-0.1, -0.05) is 6.42 Å². The van der Waals surface area contributed by atoms with Crippen LogP contribution in [0.4, 0.5) is 13.2 Å². The molecule has 0 amide bonds. The van der Waals surface area contributed by atoms with Gasteiger partial charge in [0, 0.05) is 45.9 Å². The first-order chi connectivity index (χ1) is 11.9. The van der Waals surface area contributed by atoms with Crippen LogP contribution < -0.4 is 10.6 Å². The number of hydrogen-bond donors (Lipinski definition) is 2. The smallest absolute Gasteiger partial charge is 0.385 e. The summed E-state index contributed by atoms with van der Waals surface area (Å²) in [7, 11) is 1.72. The second kappa shape index (κ2) is 9.07. The van der Waals surface area contributed by atoms with Crippen LogP contribution in [0.15, 0.2) is 4.99 Å². The predicted octanol–water partition coefficient (Wildman–Crippen LogP) is 2.38. The monoisotopic (exact) mass is 364 g/mol. The fourth-order valence-corrected chi connectivity index (χ4v) is 3.59. The van der Waals surface area contributed by atoms with Crippen LogP contribution in [-0.4, -0.2) is 69.5 Å². The topological polar surface area (TPSA) is 48.9 Å². The highest BCUT2D eigenvalue weighted by molar-refractivity contribution is 5.80. The summed E-state index contributed by atoms with van der Waals surface area (Å²) in [6.07, 6.45) is 1.15. The molecule has 0 aromatic carbocycles. The molecular formula is C17H31F3N4O. The molecule has 25 heavy (non-hydrogen) atoms. The maximum absolute atomic E-state index is 12.5. The number of likely N-dealkylation sites (tertiary alicyclic amines) is 1. The van der Waals surface area contributed by atoms with Gasteiger partial charge in [0.25, 0.3) is 0 Å². The molecule has 0 aromatic heterocycles. The van der Waals surface area contributed by atoms with Crippen LogP contribution in [0, 0.1) is 5.41 Å². The molecule has 1 saturated heterocycles. The van der Waals surface area contributed by atoms with Crippen molar-refractivity contribution >= 4 is 5.96 Å². The summed E-state index contributed by atoms with van der Waals surface area (Å²) >= 11 is 0. The Balaban J connectivity index is 1.85. The number of halogens is 3. The molecule has 1 unspecified atom stereocenters. The lowest BCUT2D eigenvalue weighted by atomic mass is 9.67. The van der Waals surface area contributed by atoms with Crippen LogP contribution in [0.25, 0.3) is 0 Å². The molecule has 1 aliphatic carbocycles. The summed E-state index contributed by atoms with van der Waals surface area (Å²) in [5.74, 6) is 0.713. The number of rotatable bonds is 8. The van der Waals surface area contributed by atoms with Crippen molar-refractivity contribution in [3.63, 3.8) is 0 Å². The minimum Gasteiger partial charge on any atom is -0.385 e. The number of hydrogen-bond acceptors (Lipinski definition) is 3. The first kappa shape index (κ1) is 20.3. The Morgan fingerprint density at radius 3 is 2.68 bits per heavy atom. The summed E-state index contributed by atoms with van der Waals surface area (Å²) in [6.45, 7) is 4.24.